The van der Waals surface area contributed by atoms with Crippen LogP contribution in [0.2, 0.25) is 0 Å². The zero-order valence-corrected chi connectivity index (χ0v) is 11.1. The second kappa shape index (κ2) is 7.36. The van der Waals surface area contributed by atoms with E-state index in [2.05, 4.69) is 6.58 Å². The first kappa shape index (κ1) is 15.0. The summed E-state index contributed by atoms with van der Waals surface area (Å²) in [6.07, 6.45) is 1.89. The molecular weight excluding hydrogens is 242 g/mol. The summed E-state index contributed by atoms with van der Waals surface area (Å²) in [6, 6.07) is 9.40. The molecule has 4 heteroatoms. The fourth-order valence-electron chi connectivity index (χ4n) is 1.72. The lowest BCUT2D eigenvalue weighted by atomic mass is 10.1. The minimum atomic E-state index is -0.901. The third-order valence-electron chi connectivity index (χ3n) is 2.82. The molecule has 0 aromatic heterocycles. The molecule has 1 aromatic carbocycles. The fourth-order valence-corrected chi connectivity index (χ4v) is 1.72. The van der Waals surface area contributed by atoms with Gasteiger partial charge < -0.3 is 10.0 Å². The Morgan fingerprint density at radius 1 is 1.37 bits per heavy atom. The maximum Gasteiger partial charge on any atom is 0.308 e. The molecule has 1 aromatic rings. The molecule has 4 nitrogen and oxygen atoms in total. The molecular formula is C15H19NO3. The highest BCUT2D eigenvalue weighted by atomic mass is 16.4. The number of carboxylic acid groups (broad SMARTS) is 1. The van der Waals surface area contributed by atoms with Crippen molar-refractivity contribution in [2.75, 3.05) is 13.1 Å². The van der Waals surface area contributed by atoms with Crippen LogP contribution in [0.25, 0.3) is 0 Å². The number of nitrogens with zero attached hydrogens (tertiary/aromatic N) is 1. The maximum absolute atomic E-state index is 12.1. The number of carbonyl (C=O) groups excluding carboxylic acids is 1. The summed E-state index contributed by atoms with van der Waals surface area (Å²) >= 11 is 0. The molecule has 0 fully saturated rings. The Balaban J connectivity index is 2.67. The number of carbonyl (C=O) groups is 2. The molecule has 19 heavy (non-hydrogen) atoms. The Hall–Kier alpha value is -2.10. The van der Waals surface area contributed by atoms with Gasteiger partial charge in [0.15, 0.2) is 0 Å². The average molecular weight is 261 g/mol. The predicted molar refractivity (Wildman–Crippen MR) is 73.7 cm³/mol. The largest absolute Gasteiger partial charge is 0.481 e. The molecule has 0 spiro atoms. The van der Waals surface area contributed by atoms with Gasteiger partial charge in [-0.25, -0.2) is 0 Å². The Labute approximate surface area is 113 Å². The van der Waals surface area contributed by atoms with Crippen LogP contribution in [0.4, 0.5) is 0 Å². The molecule has 0 heterocycles. The molecule has 1 N–H and O–H groups in total. The Morgan fingerprint density at radius 3 is 2.53 bits per heavy atom. The highest BCUT2D eigenvalue weighted by Crippen LogP contribution is 2.06. The van der Waals surface area contributed by atoms with Gasteiger partial charge in [0.2, 0.25) is 5.91 Å². The zero-order chi connectivity index (χ0) is 14.3. The third kappa shape index (κ3) is 4.95. The van der Waals surface area contributed by atoms with Gasteiger partial charge in [-0.05, 0) is 5.56 Å². The van der Waals surface area contributed by atoms with Crippen molar-refractivity contribution in [1.29, 1.82) is 0 Å². The second-order valence-electron chi connectivity index (χ2n) is 4.49. The molecule has 0 bridgehead atoms. The van der Waals surface area contributed by atoms with Crippen molar-refractivity contribution in [3.63, 3.8) is 0 Å². The van der Waals surface area contributed by atoms with Crippen molar-refractivity contribution in [2.24, 2.45) is 5.92 Å². The number of aliphatic carboxylic acids is 1. The first-order valence-electron chi connectivity index (χ1n) is 6.20. The zero-order valence-electron chi connectivity index (χ0n) is 11.1. The van der Waals surface area contributed by atoms with Crippen LogP contribution in [0, 0.1) is 5.92 Å². The standard InChI is InChI=1S/C15H19NO3/c1-3-9-16(11-12(2)15(18)19)14(17)10-13-7-5-4-6-8-13/h3-8,12H,1,9-11H2,2H3,(H,18,19). The Bertz CT molecular complexity index is 442. The van der Waals surface area contributed by atoms with Crippen molar-refractivity contribution < 1.29 is 14.7 Å². The Kier molecular flexibility index (Phi) is 5.79. The molecule has 0 radical (unpaired) electrons. The van der Waals surface area contributed by atoms with E-state index in [0.717, 1.165) is 5.56 Å². The van der Waals surface area contributed by atoms with Gasteiger partial charge in [-0.15, -0.1) is 6.58 Å². The molecule has 1 amide bonds. The number of hydrogen-bond acceptors (Lipinski definition) is 2. The van der Waals surface area contributed by atoms with Crippen LogP contribution < -0.4 is 0 Å². The molecule has 1 rings (SSSR count). The van der Waals surface area contributed by atoms with E-state index in [1.54, 1.807) is 13.0 Å². The van der Waals surface area contributed by atoms with Crippen LogP contribution >= 0.6 is 0 Å². The highest BCUT2D eigenvalue weighted by molar-refractivity contribution is 5.79. The number of rotatable bonds is 7. The summed E-state index contributed by atoms with van der Waals surface area (Å²) < 4.78 is 0. The molecule has 1 atom stereocenters. The monoisotopic (exact) mass is 261 g/mol. The minimum absolute atomic E-state index is 0.0841. The smallest absolute Gasteiger partial charge is 0.308 e. The predicted octanol–water partition coefficient (Wildman–Crippen LogP) is 1.96. The van der Waals surface area contributed by atoms with Gasteiger partial charge in [-0.2, -0.15) is 0 Å². The van der Waals surface area contributed by atoms with Crippen LogP contribution in [0.1, 0.15) is 12.5 Å². The first-order valence-corrected chi connectivity index (χ1v) is 6.20. The van der Waals surface area contributed by atoms with Crippen molar-refractivity contribution >= 4 is 11.9 Å². The van der Waals surface area contributed by atoms with Gasteiger partial charge >= 0.3 is 5.97 Å². The summed E-state index contributed by atoms with van der Waals surface area (Å²) in [7, 11) is 0. The summed E-state index contributed by atoms with van der Waals surface area (Å²) in [5.41, 5.74) is 0.921. The van der Waals surface area contributed by atoms with Crippen molar-refractivity contribution in [3.05, 3.63) is 48.6 Å². The topological polar surface area (TPSA) is 57.6 Å². The van der Waals surface area contributed by atoms with E-state index in [1.165, 1.54) is 4.90 Å². The van der Waals surface area contributed by atoms with E-state index in [9.17, 15) is 9.59 Å². The normalized spacial score (nSPS) is 11.6. The summed E-state index contributed by atoms with van der Waals surface area (Å²) in [4.78, 5) is 24.5. The van der Waals surface area contributed by atoms with E-state index >= 15 is 0 Å². The van der Waals surface area contributed by atoms with E-state index < -0.39 is 11.9 Å². The van der Waals surface area contributed by atoms with Crippen LogP contribution in [-0.4, -0.2) is 35.0 Å². The van der Waals surface area contributed by atoms with Gasteiger partial charge in [-0.1, -0.05) is 43.3 Å². The fraction of sp³-hybridized carbons (Fsp3) is 0.333. The van der Waals surface area contributed by atoms with Gasteiger partial charge in [-0.3, -0.25) is 9.59 Å². The van der Waals surface area contributed by atoms with Gasteiger partial charge in [0, 0.05) is 13.1 Å². The molecule has 0 saturated carbocycles. The quantitative estimate of drug-likeness (QED) is 0.763. The summed E-state index contributed by atoms with van der Waals surface area (Å²) in [5, 5.41) is 8.91. The van der Waals surface area contributed by atoms with Gasteiger partial charge in [0.25, 0.3) is 0 Å². The third-order valence-corrected chi connectivity index (χ3v) is 2.82. The SMILES string of the molecule is C=CCN(CC(C)C(=O)O)C(=O)Cc1ccccc1. The number of carboxylic acids is 1. The maximum atomic E-state index is 12.1. The van der Waals surface area contributed by atoms with Crippen molar-refractivity contribution in [3.8, 4) is 0 Å². The number of benzene rings is 1. The minimum Gasteiger partial charge on any atom is -0.481 e. The van der Waals surface area contributed by atoms with E-state index in [-0.39, 0.29) is 18.9 Å². The van der Waals surface area contributed by atoms with Crippen molar-refractivity contribution in [1.82, 2.24) is 4.90 Å². The van der Waals surface area contributed by atoms with Crippen LogP contribution in [-0.2, 0) is 16.0 Å². The van der Waals surface area contributed by atoms with Crippen molar-refractivity contribution in [2.45, 2.75) is 13.3 Å². The van der Waals surface area contributed by atoms with Crippen LogP contribution in [0.5, 0.6) is 0 Å². The molecule has 0 saturated heterocycles. The first-order chi connectivity index (χ1) is 9.04. The van der Waals surface area contributed by atoms with Gasteiger partial charge in [0.05, 0.1) is 12.3 Å². The molecule has 102 valence electrons. The summed E-state index contributed by atoms with van der Waals surface area (Å²) in [6.45, 7) is 5.76. The van der Waals surface area contributed by atoms with E-state index in [1.807, 2.05) is 30.3 Å². The van der Waals surface area contributed by atoms with E-state index in [4.69, 9.17) is 5.11 Å². The highest BCUT2D eigenvalue weighted by Gasteiger charge is 2.19. The lowest BCUT2D eigenvalue weighted by Crippen LogP contribution is -2.37. The molecule has 0 aliphatic heterocycles. The lowest BCUT2D eigenvalue weighted by Gasteiger charge is -2.23. The molecule has 0 aliphatic rings. The average Bonchev–Trinajstić information content (AvgIpc) is 2.39. The molecule has 1 unspecified atom stereocenters. The lowest BCUT2D eigenvalue weighted by molar-refractivity contribution is -0.142. The number of amides is 1. The van der Waals surface area contributed by atoms with Crippen LogP contribution in [0.3, 0.4) is 0 Å². The summed E-state index contributed by atoms with van der Waals surface area (Å²) in [5.74, 6) is -1.57. The Morgan fingerprint density at radius 2 is 2.00 bits per heavy atom. The van der Waals surface area contributed by atoms with E-state index in [0.29, 0.717) is 6.54 Å². The second-order valence-corrected chi connectivity index (χ2v) is 4.49. The molecule has 0 aliphatic carbocycles. The number of hydrogen-bond donors (Lipinski definition) is 1. The van der Waals surface area contributed by atoms with Crippen LogP contribution in [0.15, 0.2) is 43.0 Å². The van der Waals surface area contributed by atoms with Gasteiger partial charge in [0.1, 0.15) is 0 Å².